The summed E-state index contributed by atoms with van der Waals surface area (Å²) >= 11 is 6.17. The number of carbonyl (C=O) groups is 1. The molecule has 0 radical (unpaired) electrons. The van der Waals surface area contributed by atoms with E-state index >= 15 is 0 Å². The number of nitrogens with zero attached hydrogens (tertiary/aromatic N) is 1. The molecule has 2 aliphatic heterocycles. The van der Waals surface area contributed by atoms with Crippen LogP contribution in [0, 0.1) is 0 Å². The number of anilines is 2. The van der Waals surface area contributed by atoms with Gasteiger partial charge in [0.15, 0.2) is 0 Å². The van der Waals surface area contributed by atoms with Gasteiger partial charge in [0.2, 0.25) is 15.9 Å². The SMILES string of the molecule is COc1ccc(NS(=O)(=O)c2cc3c(cc2Cl)NC(=O)C3)cc1S(=O)(=O)N1CCCCC1. The summed E-state index contributed by atoms with van der Waals surface area (Å²) < 4.78 is 61.4. The summed E-state index contributed by atoms with van der Waals surface area (Å²) in [5.41, 5.74) is 1.04. The zero-order chi connectivity index (χ0) is 23.1. The normalized spacial score (nSPS) is 17.0. The summed E-state index contributed by atoms with van der Waals surface area (Å²) in [5, 5.41) is 2.55. The van der Waals surface area contributed by atoms with Crippen LogP contribution >= 0.6 is 11.6 Å². The largest absolute Gasteiger partial charge is 0.495 e. The van der Waals surface area contributed by atoms with Crippen molar-refractivity contribution < 1.29 is 26.4 Å². The Kier molecular flexibility index (Phi) is 6.10. The maximum atomic E-state index is 13.2. The molecule has 0 saturated carbocycles. The summed E-state index contributed by atoms with van der Waals surface area (Å²) in [6.45, 7) is 0.803. The Labute approximate surface area is 191 Å². The van der Waals surface area contributed by atoms with Gasteiger partial charge in [0.25, 0.3) is 10.0 Å². The second kappa shape index (κ2) is 8.54. The average molecular weight is 500 g/mol. The average Bonchev–Trinajstić information content (AvgIpc) is 3.12. The third-order valence-electron chi connectivity index (χ3n) is 5.42. The minimum absolute atomic E-state index is 0.0483. The minimum Gasteiger partial charge on any atom is -0.495 e. The number of fused-ring (bicyclic) bond motifs is 1. The lowest BCUT2D eigenvalue weighted by atomic mass is 10.2. The third kappa shape index (κ3) is 4.29. The molecule has 2 aromatic carbocycles. The van der Waals surface area contributed by atoms with E-state index in [-0.39, 0.29) is 38.6 Å². The summed E-state index contributed by atoms with van der Waals surface area (Å²) in [6.07, 6.45) is 2.55. The van der Waals surface area contributed by atoms with E-state index in [1.165, 1.54) is 41.7 Å². The highest BCUT2D eigenvalue weighted by Gasteiger charge is 2.30. The van der Waals surface area contributed by atoms with Gasteiger partial charge in [-0.1, -0.05) is 18.0 Å². The molecule has 1 amide bonds. The Morgan fingerprint density at radius 2 is 1.75 bits per heavy atom. The molecule has 2 aliphatic rings. The number of methoxy groups -OCH3 is 1. The van der Waals surface area contributed by atoms with Gasteiger partial charge < -0.3 is 10.1 Å². The number of benzene rings is 2. The molecule has 32 heavy (non-hydrogen) atoms. The maximum absolute atomic E-state index is 13.2. The fraction of sp³-hybridized carbons (Fsp3) is 0.350. The summed E-state index contributed by atoms with van der Waals surface area (Å²) in [5.74, 6) is -0.125. The monoisotopic (exact) mass is 499 g/mol. The van der Waals surface area contributed by atoms with Crippen molar-refractivity contribution in [3.63, 3.8) is 0 Å². The van der Waals surface area contributed by atoms with Crippen molar-refractivity contribution in [1.29, 1.82) is 0 Å². The number of halogens is 1. The highest BCUT2D eigenvalue weighted by Crippen LogP contribution is 2.35. The summed E-state index contributed by atoms with van der Waals surface area (Å²) in [6, 6.07) is 6.79. The lowest BCUT2D eigenvalue weighted by Gasteiger charge is -2.26. The van der Waals surface area contributed by atoms with Gasteiger partial charge in [0.1, 0.15) is 15.5 Å². The van der Waals surface area contributed by atoms with Crippen LogP contribution < -0.4 is 14.8 Å². The van der Waals surface area contributed by atoms with Crippen LogP contribution in [0.15, 0.2) is 40.1 Å². The van der Waals surface area contributed by atoms with Gasteiger partial charge in [-0.2, -0.15) is 4.31 Å². The number of hydrogen-bond acceptors (Lipinski definition) is 6. The van der Waals surface area contributed by atoms with Crippen LogP contribution in [0.3, 0.4) is 0 Å². The van der Waals surface area contributed by atoms with Gasteiger partial charge in [-0.15, -0.1) is 0 Å². The smallest absolute Gasteiger partial charge is 0.263 e. The van der Waals surface area contributed by atoms with Crippen molar-refractivity contribution >= 4 is 48.9 Å². The zero-order valence-electron chi connectivity index (χ0n) is 17.2. The molecular weight excluding hydrogens is 478 g/mol. The first-order valence-electron chi connectivity index (χ1n) is 9.95. The quantitative estimate of drug-likeness (QED) is 0.630. The van der Waals surface area contributed by atoms with Crippen LogP contribution in [-0.4, -0.2) is 47.2 Å². The number of piperidine rings is 1. The van der Waals surface area contributed by atoms with Crippen molar-refractivity contribution in [3.8, 4) is 5.75 Å². The van der Waals surface area contributed by atoms with E-state index < -0.39 is 20.0 Å². The molecule has 0 aromatic heterocycles. The third-order valence-corrected chi connectivity index (χ3v) is 9.19. The number of sulfonamides is 2. The molecule has 2 N–H and O–H groups in total. The van der Waals surface area contributed by atoms with Gasteiger partial charge >= 0.3 is 0 Å². The topological polar surface area (TPSA) is 122 Å². The molecule has 2 heterocycles. The Balaban J connectivity index is 1.69. The van der Waals surface area contributed by atoms with Crippen LogP contribution in [0.2, 0.25) is 5.02 Å². The molecule has 2 aromatic rings. The van der Waals surface area contributed by atoms with Crippen LogP contribution in [0.4, 0.5) is 11.4 Å². The second-order valence-electron chi connectivity index (χ2n) is 7.60. The number of rotatable bonds is 6. The molecule has 0 bridgehead atoms. The van der Waals surface area contributed by atoms with Crippen LogP contribution in [0.5, 0.6) is 5.75 Å². The predicted molar refractivity (Wildman–Crippen MR) is 120 cm³/mol. The fourth-order valence-corrected chi connectivity index (χ4v) is 7.15. The Morgan fingerprint density at radius 1 is 1.03 bits per heavy atom. The standard InChI is InChI=1S/C20H22ClN3O6S2/c1-30-17-6-5-14(11-19(17)32(28,29)24-7-3-2-4-8-24)23-31(26,27)18-9-13-10-20(25)22-16(13)12-15(18)21/h5-6,9,11-12,23H,2-4,7-8,10H2,1H3,(H,22,25). The lowest BCUT2D eigenvalue weighted by Crippen LogP contribution is -2.35. The van der Waals surface area contributed by atoms with E-state index in [1.54, 1.807) is 0 Å². The van der Waals surface area contributed by atoms with Crippen molar-refractivity contribution in [2.45, 2.75) is 35.5 Å². The Hall–Kier alpha value is -2.34. The Bertz CT molecular complexity index is 1290. The number of carbonyl (C=O) groups excluding carboxylic acids is 1. The molecule has 0 aliphatic carbocycles. The number of nitrogens with one attached hydrogen (secondary N) is 2. The van der Waals surface area contributed by atoms with E-state index in [0.29, 0.717) is 24.3 Å². The fourth-order valence-electron chi connectivity index (χ4n) is 3.83. The van der Waals surface area contributed by atoms with Crippen LogP contribution in [0.1, 0.15) is 24.8 Å². The van der Waals surface area contributed by atoms with Gasteiger partial charge in [0.05, 0.1) is 24.2 Å². The highest BCUT2D eigenvalue weighted by atomic mass is 35.5. The van der Waals surface area contributed by atoms with E-state index in [2.05, 4.69) is 10.0 Å². The van der Waals surface area contributed by atoms with E-state index in [9.17, 15) is 21.6 Å². The van der Waals surface area contributed by atoms with Gasteiger partial charge in [-0.3, -0.25) is 9.52 Å². The van der Waals surface area contributed by atoms with Crippen molar-refractivity contribution in [2.75, 3.05) is 30.2 Å². The molecule has 0 atom stereocenters. The van der Waals surface area contributed by atoms with E-state index in [1.807, 2.05) is 0 Å². The second-order valence-corrected chi connectivity index (χ2v) is 11.6. The van der Waals surface area contributed by atoms with Crippen molar-refractivity contribution in [3.05, 3.63) is 40.9 Å². The molecule has 1 saturated heterocycles. The molecule has 9 nitrogen and oxygen atoms in total. The molecule has 0 unspecified atom stereocenters. The number of hydrogen-bond donors (Lipinski definition) is 2. The zero-order valence-corrected chi connectivity index (χ0v) is 19.6. The van der Waals surface area contributed by atoms with Gasteiger partial charge in [0, 0.05) is 18.8 Å². The van der Waals surface area contributed by atoms with Gasteiger partial charge in [-0.25, -0.2) is 16.8 Å². The lowest BCUT2D eigenvalue weighted by molar-refractivity contribution is -0.115. The molecule has 172 valence electrons. The summed E-state index contributed by atoms with van der Waals surface area (Å²) in [7, 11) is -6.67. The first kappa shape index (κ1) is 22.8. The van der Waals surface area contributed by atoms with E-state index in [0.717, 1.165) is 19.3 Å². The molecule has 0 spiro atoms. The van der Waals surface area contributed by atoms with Crippen LogP contribution in [-0.2, 0) is 31.3 Å². The van der Waals surface area contributed by atoms with Gasteiger partial charge in [-0.05, 0) is 48.7 Å². The molecule has 1 fully saturated rings. The highest BCUT2D eigenvalue weighted by molar-refractivity contribution is 7.93. The first-order chi connectivity index (χ1) is 15.1. The maximum Gasteiger partial charge on any atom is 0.263 e. The number of ether oxygens (including phenoxy) is 1. The number of amides is 1. The van der Waals surface area contributed by atoms with E-state index in [4.69, 9.17) is 16.3 Å². The molecule has 12 heteroatoms. The molecule has 4 rings (SSSR count). The molecular formula is C20H22ClN3O6S2. The van der Waals surface area contributed by atoms with Crippen LogP contribution in [0.25, 0.3) is 0 Å². The summed E-state index contributed by atoms with van der Waals surface area (Å²) in [4.78, 5) is 11.3. The van der Waals surface area contributed by atoms with Crippen molar-refractivity contribution in [1.82, 2.24) is 4.31 Å². The first-order valence-corrected chi connectivity index (χ1v) is 13.3. The van der Waals surface area contributed by atoms with Crippen molar-refractivity contribution in [2.24, 2.45) is 0 Å². The Morgan fingerprint density at radius 3 is 2.44 bits per heavy atom. The predicted octanol–water partition coefficient (Wildman–Crippen LogP) is 2.82. The minimum atomic E-state index is -4.16.